The van der Waals surface area contributed by atoms with Gasteiger partial charge < -0.3 is 10.2 Å². The molecule has 0 amide bonds. The fourth-order valence-electron chi connectivity index (χ4n) is 1.04. The first-order valence-corrected chi connectivity index (χ1v) is 6.23. The maximum absolute atomic E-state index is 11.4. The van der Waals surface area contributed by atoms with Crippen molar-refractivity contribution in [3.8, 4) is 0 Å². The molecule has 5 heteroatoms. The molecule has 0 aromatic carbocycles. The van der Waals surface area contributed by atoms with E-state index >= 15 is 0 Å². The molecule has 0 aliphatic rings. The minimum atomic E-state index is -3.21. The molecule has 1 unspecified atom stereocenters. The molecule has 0 saturated heterocycles. The van der Waals surface area contributed by atoms with Crippen molar-refractivity contribution in [3.63, 3.8) is 0 Å². The molecule has 0 radical (unpaired) electrons. The zero-order chi connectivity index (χ0) is 10.3. The molecule has 2 N–H and O–H groups in total. The van der Waals surface area contributed by atoms with E-state index in [-0.39, 0.29) is 18.8 Å². The van der Waals surface area contributed by atoms with Crippen LogP contribution in [0.15, 0.2) is 0 Å². The summed E-state index contributed by atoms with van der Waals surface area (Å²) >= 11 is 0. The summed E-state index contributed by atoms with van der Waals surface area (Å²) in [6.07, 6.45) is 1.56. The van der Waals surface area contributed by atoms with Crippen molar-refractivity contribution in [2.75, 3.05) is 19.0 Å². The van der Waals surface area contributed by atoms with Gasteiger partial charge in [0.25, 0.3) is 0 Å². The first kappa shape index (κ1) is 12.9. The van der Waals surface area contributed by atoms with E-state index in [4.69, 9.17) is 10.2 Å². The molecule has 0 aliphatic carbocycles. The van der Waals surface area contributed by atoms with E-state index < -0.39 is 21.7 Å². The second kappa shape index (κ2) is 6.34. The molecule has 0 fully saturated rings. The molecule has 80 valence electrons. The number of hydrogen-bond acceptors (Lipinski definition) is 4. The topological polar surface area (TPSA) is 74.6 Å². The molecule has 0 heterocycles. The number of aliphatic hydroxyl groups is 2. The van der Waals surface area contributed by atoms with Gasteiger partial charge in [0.15, 0.2) is 9.84 Å². The van der Waals surface area contributed by atoms with E-state index in [1.165, 1.54) is 0 Å². The lowest BCUT2D eigenvalue weighted by Gasteiger charge is -2.13. The second-order valence-electron chi connectivity index (χ2n) is 3.04. The maximum Gasteiger partial charge on any atom is 0.155 e. The van der Waals surface area contributed by atoms with Crippen LogP contribution in [-0.2, 0) is 9.84 Å². The second-order valence-corrected chi connectivity index (χ2v) is 5.44. The Morgan fingerprint density at radius 3 is 2.31 bits per heavy atom. The van der Waals surface area contributed by atoms with Crippen LogP contribution in [0.2, 0.25) is 0 Å². The Labute approximate surface area is 79.5 Å². The summed E-state index contributed by atoms with van der Waals surface area (Å²) in [7, 11) is -3.21. The Kier molecular flexibility index (Phi) is 6.28. The van der Waals surface area contributed by atoms with Crippen molar-refractivity contribution in [2.24, 2.45) is 0 Å². The fraction of sp³-hybridized carbons (Fsp3) is 1.00. The summed E-state index contributed by atoms with van der Waals surface area (Å²) in [5, 5.41) is 16.6. The number of unbranched alkanes of at least 4 members (excludes halogenated alkanes) is 1. The van der Waals surface area contributed by atoms with Gasteiger partial charge in [-0.05, 0) is 12.8 Å². The van der Waals surface area contributed by atoms with Gasteiger partial charge >= 0.3 is 0 Å². The largest absolute Gasteiger partial charge is 0.396 e. The van der Waals surface area contributed by atoms with E-state index in [9.17, 15) is 8.42 Å². The molecule has 0 bridgehead atoms. The van der Waals surface area contributed by atoms with E-state index in [0.717, 1.165) is 6.42 Å². The first-order valence-electron chi connectivity index (χ1n) is 4.51. The molecule has 0 aromatic rings. The first-order chi connectivity index (χ1) is 6.08. The van der Waals surface area contributed by atoms with Gasteiger partial charge in [0.1, 0.15) is 0 Å². The van der Waals surface area contributed by atoms with Gasteiger partial charge in [-0.1, -0.05) is 13.3 Å². The van der Waals surface area contributed by atoms with E-state index in [1.807, 2.05) is 6.92 Å². The highest BCUT2D eigenvalue weighted by Gasteiger charge is 2.23. The molecule has 13 heavy (non-hydrogen) atoms. The molecule has 0 saturated carbocycles. The summed E-state index contributed by atoms with van der Waals surface area (Å²) < 4.78 is 22.9. The number of rotatable bonds is 7. The van der Waals surface area contributed by atoms with Gasteiger partial charge in [-0.3, -0.25) is 0 Å². The van der Waals surface area contributed by atoms with Gasteiger partial charge in [-0.15, -0.1) is 0 Å². The van der Waals surface area contributed by atoms with Crippen LogP contribution in [0.25, 0.3) is 0 Å². The minimum absolute atomic E-state index is 0.106. The van der Waals surface area contributed by atoms with Crippen LogP contribution < -0.4 is 0 Å². The van der Waals surface area contributed by atoms with Crippen molar-refractivity contribution in [3.05, 3.63) is 0 Å². The summed E-state index contributed by atoms with van der Waals surface area (Å²) in [6, 6.07) is 0. The smallest absolute Gasteiger partial charge is 0.155 e. The average Bonchev–Trinajstić information content (AvgIpc) is 2.10. The van der Waals surface area contributed by atoms with Crippen molar-refractivity contribution < 1.29 is 18.6 Å². The zero-order valence-electron chi connectivity index (χ0n) is 7.94. The highest BCUT2D eigenvalue weighted by atomic mass is 32.2. The van der Waals surface area contributed by atoms with Crippen LogP contribution in [0.5, 0.6) is 0 Å². The predicted octanol–water partition coefficient (Wildman–Crippen LogP) is -0.0554. The number of sulfone groups is 1. The molecular formula is C8H18O4S. The van der Waals surface area contributed by atoms with Gasteiger partial charge in [-0.25, -0.2) is 8.42 Å². The van der Waals surface area contributed by atoms with Crippen LogP contribution >= 0.6 is 0 Å². The third kappa shape index (κ3) is 4.59. The standard InChI is InChI=1S/C8H18O4S/c1-2-3-6-13(11,12)8(7-10)4-5-9/h8-10H,2-7H2,1H3. The van der Waals surface area contributed by atoms with Crippen LogP contribution in [0.3, 0.4) is 0 Å². The van der Waals surface area contributed by atoms with Crippen LogP contribution in [0.4, 0.5) is 0 Å². The maximum atomic E-state index is 11.4. The lowest BCUT2D eigenvalue weighted by atomic mass is 10.3. The van der Waals surface area contributed by atoms with Gasteiger partial charge in [0, 0.05) is 6.61 Å². The summed E-state index contributed by atoms with van der Waals surface area (Å²) in [5.74, 6) is 0.106. The Hall–Kier alpha value is -0.130. The third-order valence-corrected chi connectivity index (χ3v) is 4.20. The lowest BCUT2D eigenvalue weighted by Crippen LogP contribution is -2.28. The Bertz CT molecular complexity index is 210. The fourth-order valence-corrected chi connectivity index (χ4v) is 2.76. The van der Waals surface area contributed by atoms with Gasteiger partial charge in [0.2, 0.25) is 0 Å². The third-order valence-electron chi connectivity index (χ3n) is 1.94. The molecule has 0 aliphatic heterocycles. The predicted molar refractivity (Wildman–Crippen MR) is 51.3 cm³/mol. The normalized spacial score (nSPS) is 14.4. The molecule has 0 spiro atoms. The number of aliphatic hydroxyl groups excluding tert-OH is 2. The molecule has 0 aromatic heterocycles. The van der Waals surface area contributed by atoms with Gasteiger partial charge in [-0.2, -0.15) is 0 Å². The quantitative estimate of drug-likeness (QED) is 0.617. The average molecular weight is 210 g/mol. The van der Waals surface area contributed by atoms with Crippen LogP contribution in [0, 0.1) is 0 Å². The highest BCUT2D eigenvalue weighted by molar-refractivity contribution is 7.92. The monoisotopic (exact) mass is 210 g/mol. The molecule has 0 rings (SSSR count). The van der Waals surface area contributed by atoms with Crippen LogP contribution in [0.1, 0.15) is 26.2 Å². The van der Waals surface area contributed by atoms with Gasteiger partial charge in [0.05, 0.1) is 17.6 Å². The van der Waals surface area contributed by atoms with E-state index in [1.54, 1.807) is 0 Å². The van der Waals surface area contributed by atoms with E-state index in [0.29, 0.717) is 6.42 Å². The Morgan fingerprint density at radius 2 is 1.92 bits per heavy atom. The summed E-state index contributed by atoms with van der Waals surface area (Å²) in [5.41, 5.74) is 0. The van der Waals surface area contributed by atoms with Crippen molar-refractivity contribution in [1.29, 1.82) is 0 Å². The van der Waals surface area contributed by atoms with Crippen molar-refractivity contribution in [2.45, 2.75) is 31.4 Å². The number of hydrogen-bond donors (Lipinski definition) is 2. The zero-order valence-corrected chi connectivity index (χ0v) is 8.76. The summed E-state index contributed by atoms with van der Waals surface area (Å²) in [4.78, 5) is 0. The molecule has 1 atom stereocenters. The Morgan fingerprint density at radius 1 is 1.31 bits per heavy atom. The highest BCUT2D eigenvalue weighted by Crippen LogP contribution is 2.08. The summed E-state index contributed by atoms with van der Waals surface area (Å²) in [6.45, 7) is 1.32. The van der Waals surface area contributed by atoms with Crippen LogP contribution in [-0.4, -0.2) is 42.8 Å². The Balaban J connectivity index is 4.21. The van der Waals surface area contributed by atoms with Crippen molar-refractivity contribution >= 4 is 9.84 Å². The van der Waals surface area contributed by atoms with Crippen molar-refractivity contribution in [1.82, 2.24) is 0 Å². The lowest BCUT2D eigenvalue weighted by molar-refractivity contribution is 0.243. The minimum Gasteiger partial charge on any atom is -0.396 e. The molecular weight excluding hydrogens is 192 g/mol. The molecule has 4 nitrogen and oxygen atoms in total. The van der Waals surface area contributed by atoms with E-state index in [2.05, 4.69) is 0 Å². The SMILES string of the molecule is CCCCS(=O)(=O)C(CO)CCO.